The molecule has 1 aromatic heterocycles. The van der Waals surface area contributed by atoms with Crippen molar-refractivity contribution in [1.29, 1.82) is 0 Å². The third kappa shape index (κ3) is 5.75. The molecular weight excluding hydrogens is 438 g/mol. The van der Waals surface area contributed by atoms with Gasteiger partial charge in [-0.25, -0.2) is 9.78 Å². The number of hydrogen-bond donors (Lipinski definition) is 0. The molecule has 0 aliphatic heterocycles. The van der Waals surface area contributed by atoms with Gasteiger partial charge >= 0.3 is 5.97 Å². The number of hydrogen-bond acceptors (Lipinski definition) is 5. The van der Waals surface area contributed by atoms with Gasteiger partial charge < -0.3 is 9.47 Å². The van der Waals surface area contributed by atoms with Crippen LogP contribution in [0.2, 0.25) is 0 Å². The van der Waals surface area contributed by atoms with Crippen molar-refractivity contribution in [2.75, 3.05) is 13.7 Å². The minimum atomic E-state index is -0.550. The van der Waals surface area contributed by atoms with Gasteiger partial charge in [0, 0.05) is 16.5 Å². The van der Waals surface area contributed by atoms with E-state index in [1.54, 1.807) is 37.4 Å². The smallest absolute Gasteiger partial charge is 0.339 e. The predicted molar refractivity (Wildman–Crippen MR) is 138 cm³/mol. The topological polar surface area (TPSA) is 65.5 Å². The van der Waals surface area contributed by atoms with Gasteiger partial charge in [0.2, 0.25) is 0 Å². The number of aryl methyl sites for hydroxylation is 2. The molecule has 0 amide bonds. The molecule has 0 saturated heterocycles. The van der Waals surface area contributed by atoms with Crippen LogP contribution in [0.1, 0.15) is 51.6 Å². The van der Waals surface area contributed by atoms with Gasteiger partial charge in [0.1, 0.15) is 5.75 Å². The molecule has 0 aliphatic rings. The van der Waals surface area contributed by atoms with Gasteiger partial charge in [-0.15, -0.1) is 0 Å². The molecule has 4 aromatic rings. The van der Waals surface area contributed by atoms with E-state index in [2.05, 4.69) is 19.1 Å². The SMILES string of the molecule is CCCCc1ccc(-c2cc(C(=O)OCC(=O)c3ccc(OC)cc3)c3cc(C)ccc3n2)cc1. The van der Waals surface area contributed by atoms with Gasteiger partial charge in [-0.05, 0) is 67.8 Å². The number of ether oxygens (including phenoxy) is 2. The molecule has 0 N–H and O–H groups in total. The number of fused-ring (bicyclic) bond motifs is 1. The average Bonchev–Trinajstić information content (AvgIpc) is 2.90. The van der Waals surface area contributed by atoms with Crippen LogP contribution in [0.3, 0.4) is 0 Å². The van der Waals surface area contributed by atoms with Gasteiger partial charge in [0.25, 0.3) is 0 Å². The van der Waals surface area contributed by atoms with Crippen LogP contribution in [0.4, 0.5) is 0 Å². The van der Waals surface area contributed by atoms with Crippen LogP contribution in [-0.2, 0) is 11.2 Å². The van der Waals surface area contributed by atoms with E-state index in [4.69, 9.17) is 14.5 Å². The third-order valence-electron chi connectivity index (χ3n) is 6.00. The molecule has 0 atom stereocenters. The molecule has 0 bridgehead atoms. The second-order valence-corrected chi connectivity index (χ2v) is 8.60. The Bertz CT molecular complexity index is 1340. The highest BCUT2D eigenvalue weighted by Crippen LogP contribution is 2.27. The normalized spacial score (nSPS) is 10.8. The number of ketones is 1. The average molecular weight is 468 g/mol. The number of benzene rings is 3. The van der Waals surface area contributed by atoms with Crippen LogP contribution in [-0.4, -0.2) is 30.5 Å². The Labute approximate surface area is 205 Å². The lowest BCUT2D eigenvalue weighted by molar-refractivity contribution is 0.0476. The maximum Gasteiger partial charge on any atom is 0.339 e. The summed E-state index contributed by atoms with van der Waals surface area (Å²) < 4.78 is 10.6. The Kier molecular flexibility index (Phi) is 7.56. The fourth-order valence-electron chi connectivity index (χ4n) is 3.95. The molecule has 0 saturated carbocycles. The van der Waals surface area contributed by atoms with E-state index in [9.17, 15) is 9.59 Å². The molecule has 5 nitrogen and oxygen atoms in total. The van der Waals surface area contributed by atoms with Crippen molar-refractivity contribution in [3.05, 3.63) is 95.1 Å². The number of Topliss-reactive ketones (excluding diaryl/α,β-unsaturated/α-hetero) is 1. The molecule has 178 valence electrons. The zero-order valence-electron chi connectivity index (χ0n) is 20.3. The summed E-state index contributed by atoms with van der Waals surface area (Å²) in [4.78, 5) is 30.5. The lowest BCUT2D eigenvalue weighted by Crippen LogP contribution is -2.15. The van der Waals surface area contributed by atoms with E-state index in [1.807, 2.05) is 37.3 Å². The molecule has 1 heterocycles. The Hall–Kier alpha value is -3.99. The number of esters is 1. The van der Waals surface area contributed by atoms with E-state index >= 15 is 0 Å². The summed E-state index contributed by atoms with van der Waals surface area (Å²) in [6, 6.07) is 22.6. The van der Waals surface area contributed by atoms with Gasteiger partial charge in [-0.3, -0.25) is 4.79 Å². The second kappa shape index (κ2) is 11.0. The Morgan fingerprint density at radius 2 is 1.66 bits per heavy atom. The van der Waals surface area contributed by atoms with Crippen LogP contribution in [0, 0.1) is 6.92 Å². The van der Waals surface area contributed by atoms with Gasteiger partial charge in [0.15, 0.2) is 12.4 Å². The van der Waals surface area contributed by atoms with Crippen molar-refractivity contribution in [1.82, 2.24) is 4.98 Å². The molecule has 0 radical (unpaired) electrons. The molecule has 4 rings (SSSR count). The number of aromatic nitrogens is 1. The fourth-order valence-corrected chi connectivity index (χ4v) is 3.95. The standard InChI is InChI=1S/C30H29NO4/c1-4-5-6-21-8-10-22(11-9-21)28-18-26(25-17-20(2)7-16-27(25)31-28)30(33)35-19-29(32)23-12-14-24(34-3)15-13-23/h7-18H,4-6,19H2,1-3H3. The lowest BCUT2D eigenvalue weighted by Gasteiger charge is -2.11. The molecular formula is C30H29NO4. The first-order valence-corrected chi connectivity index (χ1v) is 11.8. The summed E-state index contributed by atoms with van der Waals surface area (Å²) in [6.07, 6.45) is 3.35. The number of methoxy groups -OCH3 is 1. The zero-order valence-corrected chi connectivity index (χ0v) is 20.3. The number of nitrogens with zero attached hydrogens (tertiary/aromatic N) is 1. The van der Waals surface area contributed by atoms with Crippen molar-refractivity contribution in [3.8, 4) is 17.0 Å². The Morgan fingerprint density at radius 1 is 0.914 bits per heavy atom. The van der Waals surface area contributed by atoms with Crippen LogP contribution >= 0.6 is 0 Å². The lowest BCUT2D eigenvalue weighted by atomic mass is 10.0. The van der Waals surface area contributed by atoms with Crippen LogP contribution in [0.25, 0.3) is 22.2 Å². The third-order valence-corrected chi connectivity index (χ3v) is 6.00. The monoisotopic (exact) mass is 467 g/mol. The minimum absolute atomic E-state index is 0.279. The number of unbranched alkanes of at least 4 members (excludes halogenated alkanes) is 1. The molecule has 0 spiro atoms. The van der Waals surface area contributed by atoms with Gasteiger partial charge in [-0.1, -0.05) is 49.2 Å². The van der Waals surface area contributed by atoms with Crippen molar-refractivity contribution >= 4 is 22.7 Å². The maximum absolute atomic E-state index is 13.1. The highest BCUT2D eigenvalue weighted by molar-refractivity contribution is 6.06. The minimum Gasteiger partial charge on any atom is -0.497 e. The van der Waals surface area contributed by atoms with Crippen molar-refractivity contribution in [3.63, 3.8) is 0 Å². The summed E-state index contributed by atoms with van der Waals surface area (Å²) in [5, 5.41) is 0.704. The maximum atomic E-state index is 13.1. The van der Waals surface area contributed by atoms with E-state index in [0.29, 0.717) is 33.5 Å². The van der Waals surface area contributed by atoms with Crippen LogP contribution < -0.4 is 4.74 Å². The summed E-state index contributed by atoms with van der Waals surface area (Å²) in [5.74, 6) is -0.174. The van der Waals surface area contributed by atoms with E-state index in [-0.39, 0.29) is 12.4 Å². The first kappa shape index (κ1) is 24.1. The van der Waals surface area contributed by atoms with Crippen molar-refractivity contribution in [2.45, 2.75) is 33.1 Å². The zero-order chi connectivity index (χ0) is 24.8. The summed E-state index contributed by atoms with van der Waals surface area (Å²) in [7, 11) is 1.56. The van der Waals surface area contributed by atoms with E-state index in [0.717, 1.165) is 30.4 Å². The van der Waals surface area contributed by atoms with E-state index < -0.39 is 5.97 Å². The predicted octanol–water partition coefficient (Wildman–Crippen LogP) is 6.60. The number of carbonyl (C=O) groups excluding carboxylic acids is 2. The largest absolute Gasteiger partial charge is 0.497 e. The van der Waals surface area contributed by atoms with Crippen molar-refractivity contribution < 1.29 is 19.1 Å². The quantitative estimate of drug-likeness (QED) is 0.205. The van der Waals surface area contributed by atoms with Crippen molar-refractivity contribution in [2.24, 2.45) is 0 Å². The number of pyridine rings is 1. The highest BCUT2D eigenvalue weighted by Gasteiger charge is 2.18. The molecule has 3 aromatic carbocycles. The molecule has 0 unspecified atom stereocenters. The van der Waals surface area contributed by atoms with Gasteiger partial charge in [-0.2, -0.15) is 0 Å². The first-order valence-electron chi connectivity index (χ1n) is 11.8. The number of rotatable bonds is 9. The Balaban J connectivity index is 1.60. The number of carbonyl (C=O) groups is 2. The van der Waals surface area contributed by atoms with E-state index in [1.165, 1.54) is 5.56 Å². The molecule has 0 fully saturated rings. The fraction of sp³-hybridized carbons (Fsp3) is 0.233. The second-order valence-electron chi connectivity index (χ2n) is 8.60. The van der Waals surface area contributed by atoms with Gasteiger partial charge in [0.05, 0.1) is 23.9 Å². The van der Waals surface area contributed by atoms with Crippen LogP contribution in [0.15, 0.2) is 72.8 Å². The molecule has 35 heavy (non-hydrogen) atoms. The highest BCUT2D eigenvalue weighted by atomic mass is 16.5. The summed E-state index contributed by atoms with van der Waals surface area (Å²) >= 11 is 0. The molecule has 5 heteroatoms. The summed E-state index contributed by atoms with van der Waals surface area (Å²) in [6.45, 7) is 3.80. The van der Waals surface area contributed by atoms with Crippen LogP contribution in [0.5, 0.6) is 5.75 Å². The Morgan fingerprint density at radius 3 is 2.34 bits per heavy atom. The summed E-state index contributed by atoms with van der Waals surface area (Å²) in [5.41, 5.74) is 5.47. The first-order chi connectivity index (χ1) is 17.0. The molecule has 0 aliphatic carbocycles.